The lowest BCUT2D eigenvalue weighted by molar-refractivity contribution is -0.128. The van der Waals surface area contributed by atoms with Gasteiger partial charge in [0.15, 0.2) is 6.10 Å². The van der Waals surface area contributed by atoms with Gasteiger partial charge in [-0.1, -0.05) is 67.6 Å². The first kappa shape index (κ1) is 19.0. The van der Waals surface area contributed by atoms with Gasteiger partial charge in [-0.15, -0.1) is 0 Å². The fraction of sp³-hybridized carbons (Fsp3) is 0.292. The van der Waals surface area contributed by atoms with Gasteiger partial charge in [0.2, 0.25) is 0 Å². The monoisotopic (exact) mass is 361 g/mol. The van der Waals surface area contributed by atoms with Crippen molar-refractivity contribution >= 4 is 16.7 Å². The second-order valence-electron chi connectivity index (χ2n) is 6.96. The summed E-state index contributed by atoms with van der Waals surface area (Å²) in [7, 11) is 0. The number of rotatable bonds is 8. The molecule has 0 saturated heterocycles. The van der Waals surface area contributed by atoms with Crippen LogP contribution in [0.1, 0.15) is 32.3 Å². The van der Waals surface area contributed by atoms with Crippen molar-refractivity contribution in [1.29, 1.82) is 0 Å². The first-order chi connectivity index (χ1) is 13.2. The SMILES string of the molecule is CC[C@@H](Oc1ccc2ccccc2c1)C(=O)N[C@@H](C)CCc1ccccc1. The minimum Gasteiger partial charge on any atom is -0.481 e. The molecule has 1 N–H and O–H groups in total. The lowest BCUT2D eigenvalue weighted by Crippen LogP contribution is -2.42. The normalized spacial score (nSPS) is 13.1. The van der Waals surface area contributed by atoms with E-state index in [0.29, 0.717) is 6.42 Å². The summed E-state index contributed by atoms with van der Waals surface area (Å²) in [6.07, 6.45) is 2.00. The molecule has 3 aromatic rings. The fourth-order valence-corrected chi connectivity index (χ4v) is 3.16. The highest BCUT2D eigenvalue weighted by Crippen LogP contribution is 2.22. The predicted molar refractivity (Wildman–Crippen MR) is 111 cm³/mol. The molecule has 0 aliphatic carbocycles. The van der Waals surface area contributed by atoms with Crippen LogP contribution in [0.3, 0.4) is 0 Å². The minimum absolute atomic E-state index is 0.0498. The standard InChI is InChI=1S/C24H27NO2/c1-3-23(27-22-16-15-20-11-7-8-12-21(20)17-22)24(26)25-18(2)13-14-19-9-5-4-6-10-19/h4-12,15-18,23H,3,13-14H2,1-2H3,(H,25,26)/t18-,23+/m0/s1. The Balaban J connectivity index is 1.56. The van der Waals surface area contributed by atoms with E-state index in [9.17, 15) is 4.79 Å². The van der Waals surface area contributed by atoms with E-state index < -0.39 is 6.10 Å². The molecule has 27 heavy (non-hydrogen) atoms. The molecular formula is C24H27NO2. The largest absolute Gasteiger partial charge is 0.481 e. The molecule has 0 aliphatic rings. The molecule has 0 unspecified atom stereocenters. The topological polar surface area (TPSA) is 38.3 Å². The number of nitrogens with one attached hydrogen (secondary N) is 1. The molecule has 0 bridgehead atoms. The van der Waals surface area contributed by atoms with E-state index in [2.05, 4.69) is 29.6 Å². The molecule has 3 rings (SSSR count). The van der Waals surface area contributed by atoms with Crippen LogP contribution in [-0.2, 0) is 11.2 Å². The van der Waals surface area contributed by atoms with Gasteiger partial charge < -0.3 is 10.1 Å². The molecule has 3 aromatic carbocycles. The van der Waals surface area contributed by atoms with Crippen molar-refractivity contribution in [3.8, 4) is 5.75 Å². The third kappa shape index (κ3) is 5.33. The van der Waals surface area contributed by atoms with Crippen LogP contribution in [-0.4, -0.2) is 18.1 Å². The van der Waals surface area contributed by atoms with Crippen molar-refractivity contribution in [2.24, 2.45) is 0 Å². The molecule has 0 heterocycles. The summed E-state index contributed by atoms with van der Waals surface area (Å²) in [5.74, 6) is 0.679. The van der Waals surface area contributed by atoms with Crippen molar-refractivity contribution in [2.75, 3.05) is 0 Å². The van der Waals surface area contributed by atoms with E-state index in [4.69, 9.17) is 4.74 Å². The van der Waals surface area contributed by atoms with Crippen molar-refractivity contribution < 1.29 is 9.53 Å². The van der Waals surface area contributed by atoms with Gasteiger partial charge in [0.25, 0.3) is 5.91 Å². The molecule has 0 fully saturated rings. The van der Waals surface area contributed by atoms with E-state index in [1.807, 2.05) is 62.4 Å². The van der Waals surface area contributed by atoms with E-state index in [1.165, 1.54) is 5.56 Å². The molecule has 0 aromatic heterocycles. The average molecular weight is 361 g/mol. The summed E-state index contributed by atoms with van der Waals surface area (Å²) >= 11 is 0. The zero-order valence-electron chi connectivity index (χ0n) is 16.0. The van der Waals surface area contributed by atoms with Gasteiger partial charge in [-0.05, 0) is 54.7 Å². The highest BCUT2D eigenvalue weighted by molar-refractivity contribution is 5.84. The Morgan fingerprint density at radius 3 is 2.41 bits per heavy atom. The molecule has 2 atom stereocenters. The average Bonchev–Trinajstić information content (AvgIpc) is 2.71. The van der Waals surface area contributed by atoms with Crippen LogP contribution in [0.2, 0.25) is 0 Å². The van der Waals surface area contributed by atoms with Gasteiger partial charge in [0.1, 0.15) is 5.75 Å². The van der Waals surface area contributed by atoms with Crippen molar-refractivity contribution in [3.63, 3.8) is 0 Å². The van der Waals surface area contributed by atoms with Gasteiger partial charge in [0, 0.05) is 6.04 Å². The number of benzene rings is 3. The van der Waals surface area contributed by atoms with Gasteiger partial charge >= 0.3 is 0 Å². The Labute approximate surface area is 161 Å². The summed E-state index contributed by atoms with van der Waals surface area (Å²) < 4.78 is 5.99. The summed E-state index contributed by atoms with van der Waals surface area (Å²) in [4.78, 5) is 12.6. The van der Waals surface area contributed by atoms with Crippen molar-refractivity contribution in [1.82, 2.24) is 5.32 Å². The Kier molecular flexibility index (Phi) is 6.48. The van der Waals surface area contributed by atoms with E-state index in [-0.39, 0.29) is 11.9 Å². The molecule has 0 spiro atoms. The van der Waals surface area contributed by atoms with Gasteiger partial charge in [-0.2, -0.15) is 0 Å². The Hall–Kier alpha value is -2.81. The van der Waals surface area contributed by atoms with Gasteiger partial charge in [-0.25, -0.2) is 0 Å². The van der Waals surface area contributed by atoms with Crippen LogP contribution in [0.25, 0.3) is 10.8 Å². The highest BCUT2D eigenvalue weighted by Gasteiger charge is 2.20. The van der Waals surface area contributed by atoms with Gasteiger partial charge in [0.05, 0.1) is 0 Å². The maximum absolute atomic E-state index is 12.6. The minimum atomic E-state index is -0.481. The summed E-state index contributed by atoms with van der Waals surface area (Å²) in [5.41, 5.74) is 1.29. The maximum atomic E-state index is 12.6. The third-order valence-electron chi connectivity index (χ3n) is 4.76. The Morgan fingerprint density at radius 1 is 0.963 bits per heavy atom. The number of carbonyl (C=O) groups is 1. The third-order valence-corrected chi connectivity index (χ3v) is 4.76. The number of amides is 1. The number of carbonyl (C=O) groups excluding carboxylic acids is 1. The predicted octanol–water partition coefficient (Wildman–Crippen LogP) is 5.13. The molecule has 3 nitrogen and oxygen atoms in total. The van der Waals surface area contributed by atoms with E-state index >= 15 is 0 Å². The van der Waals surface area contributed by atoms with Crippen molar-refractivity contribution in [2.45, 2.75) is 45.3 Å². The summed E-state index contributed by atoms with van der Waals surface area (Å²) in [6, 6.07) is 24.5. The Morgan fingerprint density at radius 2 is 1.67 bits per heavy atom. The molecule has 0 aliphatic heterocycles. The molecule has 0 saturated carbocycles. The Bertz CT molecular complexity index is 876. The summed E-state index contributed by atoms with van der Waals surface area (Å²) in [5, 5.41) is 5.37. The first-order valence-corrected chi connectivity index (χ1v) is 9.65. The molecule has 140 valence electrons. The summed E-state index contributed by atoms with van der Waals surface area (Å²) in [6.45, 7) is 4.02. The fourth-order valence-electron chi connectivity index (χ4n) is 3.16. The number of hydrogen-bond acceptors (Lipinski definition) is 2. The van der Waals surface area contributed by atoms with E-state index in [1.54, 1.807) is 0 Å². The van der Waals surface area contributed by atoms with Crippen LogP contribution < -0.4 is 10.1 Å². The van der Waals surface area contributed by atoms with Crippen LogP contribution >= 0.6 is 0 Å². The second kappa shape index (κ2) is 9.22. The van der Waals surface area contributed by atoms with Crippen LogP contribution in [0, 0.1) is 0 Å². The highest BCUT2D eigenvalue weighted by atomic mass is 16.5. The molecule has 1 amide bonds. The first-order valence-electron chi connectivity index (χ1n) is 9.65. The number of ether oxygens (including phenoxy) is 1. The number of hydrogen-bond donors (Lipinski definition) is 1. The molecule has 3 heteroatoms. The van der Waals surface area contributed by atoms with Gasteiger partial charge in [-0.3, -0.25) is 4.79 Å². The maximum Gasteiger partial charge on any atom is 0.261 e. The zero-order chi connectivity index (χ0) is 19.1. The second-order valence-corrected chi connectivity index (χ2v) is 6.96. The van der Waals surface area contributed by atoms with E-state index in [0.717, 1.165) is 29.4 Å². The zero-order valence-corrected chi connectivity index (χ0v) is 16.0. The lowest BCUT2D eigenvalue weighted by atomic mass is 10.1. The quantitative estimate of drug-likeness (QED) is 0.604. The number of aryl methyl sites for hydroxylation is 1. The number of fused-ring (bicyclic) bond motifs is 1. The lowest BCUT2D eigenvalue weighted by Gasteiger charge is -2.21. The van der Waals surface area contributed by atoms with Crippen LogP contribution in [0.15, 0.2) is 72.8 Å². The van der Waals surface area contributed by atoms with Crippen molar-refractivity contribution in [3.05, 3.63) is 78.4 Å². The molecule has 0 radical (unpaired) electrons. The van der Waals surface area contributed by atoms with Crippen LogP contribution in [0.5, 0.6) is 5.75 Å². The van der Waals surface area contributed by atoms with Crippen LogP contribution in [0.4, 0.5) is 0 Å². The smallest absolute Gasteiger partial charge is 0.261 e. The molecular weight excluding hydrogens is 334 g/mol.